The molecule has 0 amide bonds. The maximum atomic E-state index is 12.3. The van der Waals surface area contributed by atoms with Crippen LogP contribution in [0.3, 0.4) is 0 Å². The molecular formula is C23H27N7O3S. The van der Waals surface area contributed by atoms with Gasteiger partial charge in [0.1, 0.15) is 35.4 Å². The summed E-state index contributed by atoms with van der Waals surface area (Å²) in [6.45, 7) is 4.36. The van der Waals surface area contributed by atoms with E-state index in [2.05, 4.69) is 30.6 Å². The number of benzene rings is 1. The Labute approximate surface area is 199 Å². The van der Waals surface area contributed by atoms with E-state index in [1.165, 1.54) is 17.7 Å². The number of allylic oxidation sites excluding steroid dienone is 1. The Hall–Kier alpha value is -3.73. The zero-order chi connectivity index (χ0) is 24.3. The second-order valence-corrected chi connectivity index (χ2v) is 10.0. The molecule has 34 heavy (non-hydrogen) atoms. The minimum Gasteiger partial charge on any atom is -0.493 e. The van der Waals surface area contributed by atoms with Gasteiger partial charge >= 0.3 is 0 Å². The summed E-state index contributed by atoms with van der Waals surface area (Å²) in [4.78, 5) is 17.2. The van der Waals surface area contributed by atoms with Gasteiger partial charge in [-0.3, -0.25) is 4.31 Å². The second kappa shape index (κ2) is 9.64. The molecule has 1 aliphatic rings. The summed E-state index contributed by atoms with van der Waals surface area (Å²) < 4.78 is 31.7. The standard InChI is InChI=1S/C23H27N7O3S/c1-15-11-23(27-16(2)26-15)29-22-13-21(24-14-25-22)28-18-9-8-17(20-7-5-6-10-33-20)12-19(18)30(3)34(4,31)32/h7-9,11-14H,5-6,10H2,1-4H3,(H2,24,25,26,27,28,29). The third-order valence-electron chi connectivity index (χ3n) is 5.21. The third kappa shape index (κ3) is 5.60. The lowest BCUT2D eigenvalue weighted by atomic mass is 10.1. The van der Waals surface area contributed by atoms with Crippen molar-refractivity contribution in [1.82, 2.24) is 19.9 Å². The van der Waals surface area contributed by atoms with Crippen molar-refractivity contribution in [2.24, 2.45) is 0 Å². The van der Waals surface area contributed by atoms with E-state index in [1.54, 1.807) is 12.1 Å². The van der Waals surface area contributed by atoms with Crippen LogP contribution >= 0.6 is 0 Å². The van der Waals surface area contributed by atoms with E-state index in [1.807, 2.05) is 38.1 Å². The molecule has 0 fully saturated rings. The van der Waals surface area contributed by atoms with Crippen LogP contribution in [0.15, 0.2) is 42.7 Å². The molecule has 11 heteroatoms. The monoisotopic (exact) mass is 481 g/mol. The number of sulfonamides is 1. The van der Waals surface area contributed by atoms with Gasteiger partial charge in [-0.05, 0) is 51.0 Å². The first kappa shape index (κ1) is 23.4. The lowest BCUT2D eigenvalue weighted by Crippen LogP contribution is -2.25. The molecule has 2 aromatic heterocycles. The van der Waals surface area contributed by atoms with E-state index in [4.69, 9.17) is 4.74 Å². The Kier molecular flexibility index (Phi) is 6.64. The molecule has 0 atom stereocenters. The van der Waals surface area contributed by atoms with E-state index < -0.39 is 10.0 Å². The molecule has 3 heterocycles. The van der Waals surface area contributed by atoms with Crippen molar-refractivity contribution in [3.05, 3.63) is 59.8 Å². The number of nitrogens with zero attached hydrogens (tertiary/aromatic N) is 5. The molecule has 1 aliphatic heterocycles. The van der Waals surface area contributed by atoms with E-state index in [0.717, 1.165) is 36.1 Å². The Morgan fingerprint density at radius 3 is 2.44 bits per heavy atom. The van der Waals surface area contributed by atoms with Crippen LogP contribution in [0.1, 0.15) is 29.9 Å². The third-order valence-corrected chi connectivity index (χ3v) is 6.40. The Balaban J connectivity index is 1.65. The smallest absolute Gasteiger partial charge is 0.232 e. The summed E-state index contributed by atoms with van der Waals surface area (Å²) in [7, 11) is -1.99. The molecule has 0 unspecified atom stereocenters. The van der Waals surface area contributed by atoms with Crippen LogP contribution in [-0.2, 0) is 14.8 Å². The van der Waals surface area contributed by atoms with Gasteiger partial charge in [0.25, 0.3) is 0 Å². The molecule has 0 spiro atoms. The highest BCUT2D eigenvalue weighted by atomic mass is 32.2. The fraction of sp³-hybridized carbons (Fsp3) is 0.304. The average molecular weight is 482 g/mol. The van der Waals surface area contributed by atoms with E-state index >= 15 is 0 Å². The summed E-state index contributed by atoms with van der Waals surface area (Å²) in [5.41, 5.74) is 2.71. The van der Waals surface area contributed by atoms with Crippen LogP contribution in [0, 0.1) is 13.8 Å². The van der Waals surface area contributed by atoms with Crippen LogP contribution in [0.2, 0.25) is 0 Å². The van der Waals surface area contributed by atoms with Gasteiger partial charge in [0.05, 0.1) is 24.2 Å². The van der Waals surface area contributed by atoms with Crippen LogP contribution in [-0.4, -0.2) is 48.3 Å². The number of rotatable bonds is 7. The molecule has 0 saturated heterocycles. The van der Waals surface area contributed by atoms with Crippen molar-refractivity contribution in [1.29, 1.82) is 0 Å². The summed E-state index contributed by atoms with van der Waals surface area (Å²) in [5, 5.41) is 6.37. The minimum atomic E-state index is -3.50. The van der Waals surface area contributed by atoms with Gasteiger partial charge in [0.15, 0.2) is 0 Å². The predicted octanol–water partition coefficient (Wildman–Crippen LogP) is 3.92. The number of aryl methyl sites for hydroxylation is 2. The predicted molar refractivity (Wildman–Crippen MR) is 133 cm³/mol. The maximum absolute atomic E-state index is 12.3. The highest BCUT2D eigenvalue weighted by molar-refractivity contribution is 7.92. The summed E-state index contributed by atoms with van der Waals surface area (Å²) in [5.74, 6) is 3.05. The maximum Gasteiger partial charge on any atom is 0.232 e. The SMILES string of the molecule is Cc1cc(Nc2cc(Nc3ccc(C4=CCCCO4)cc3N(C)S(C)(=O)=O)ncn2)nc(C)n1. The van der Waals surface area contributed by atoms with Gasteiger partial charge in [0, 0.05) is 30.4 Å². The van der Waals surface area contributed by atoms with Crippen molar-refractivity contribution >= 4 is 44.6 Å². The number of hydrogen-bond acceptors (Lipinski definition) is 9. The molecule has 10 nitrogen and oxygen atoms in total. The Bertz CT molecular complexity index is 1320. The van der Waals surface area contributed by atoms with Crippen LogP contribution < -0.4 is 14.9 Å². The van der Waals surface area contributed by atoms with Gasteiger partial charge in [-0.1, -0.05) is 0 Å². The summed E-state index contributed by atoms with van der Waals surface area (Å²) in [6.07, 6.45) is 6.50. The van der Waals surface area contributed by atoms with Crippen LogP contribution in [0.25, 0.3) is 5.76 Å². The van der Waals surface area contributed by atoms with Crippen LogP contribution in [0.5, 0.6) is 0 Å². The summed E-state index contributed by atoms with van der Waals surface area (Å²) >= 11 is 0. The highest BCUT2D eigenvalue weighted by Gasteiger charge is 2.19. The van der Waals surface area contributed by atoms with E-state index in [9.17, 15) is 8.42 Å². The lowest BCUT2D eigenvalue weighted by molar-refractivity contribution is 0.259. The fourth-order valence-electron chi connectivity index (χ4n) is 3.53. The van der Waals surface area contributed by atoms with Gasteiger partial charge in [-0.15, -0.1) is 0 Å². The Morgan fingerprint density at radius 1 is 1.00 bits per heavy atom. The van der Waals surface area contributed by atoms with Crippen molar-refractivity contribution in [3.63, 3.8) is 0 Å². The normalized spacial score (nSPS) is 13.6. The molecular weight excluding hydrogens is 454 g/mol. The van der Waals surface area contributed by atoms with Gasteiger partial charge in [-0.2, -0.15) is 0 Å². The Morgan fingerprint density at radius 2 is 1.76 bits per heavy atom. The quantitative estimate of drug-likeness (QED) is 0.517. The molecule has 2 N–H and O–H groups in total. The zero-order valence-corrected chi connectivity index (χ0v) is 20.3. The number of hydrogen-bond donors (Lipinski definition) is 2. The molecule has 4 rings (SSSR count). The highest BCUT2D eigenvalue weighted by Crippen LogP contribution is 2.34. The largest absolute Gasteiger partial charge is 0.493 e. The first-order valence-electron chi connectivity index (χ1n) is 10.8. The first-order valence-corrected chi connectivity index (χ1v) is 12.6. The van der Waals surface area contributed by atoms with Crippen molar-refractivity contribution in [2.45, 2.75) is 26.7 Å². The van der Waals surface area contributed by atoms with Crippen molar-refractivity contribution in [2.75, 3.05) is 34.8 Å². The van der Waals surface area contributed by atoms with E-state index in [0.29, 0.717) is 41.3 Å². The molecule has 3 aromatic rings. The summed E-state index contributed by atoms with van der Waals surface area (Å²) in [6, 6.07) is 9.05. The lowest BCUT2D eigenvalue weighted by Gasteiger charge is -2.23. The molecule has 0 aliphatic carbocycles. The molecule has 0 saturated carbocycles. The number of anilines is 5. The van der Waals surface area contributed by atoms with Crippen molar-refractivity contribution < 1.29 is 13.2 Å². The first-order chi connectivity index (χ1) is 16.2. The number of ether oxygens (including phenoxy) is 1. The molecule has 1 aromatic carbocycles. The zero-order valence-electron chi connectivity index (χ0n) is 19.5. The van der Waals surface area contributed by atoms with Gasteiger partial charge < -0.3 is 15.4 Å². The molecule has 0 radical (unpaired) electrons. The number of aromatic nitrogens is 4. The molecule has 0 bridgehead atoms. The fourth-order valence-corrected chi connectivity index (χ4v) is 4.04. The second-order valence-electron chi connectivity index (χ2n) is 8.00. The van der Waals surface area contributed by atoms with Gasteiger partial charge in [0.2, 0.25) is 10.0 Å². The topological polar surface area (TPSA) is 122 Å². The average Bonchev–Trinajstić information content (AvgIpc) is 2.78. The van der Waals surface area contributed by atoms with E-state index in [-0.39, 0.29) is 0 Å². The minimum absolute atomic E-state index is 0.477. The number of nitrogens with one attached hydrogen (secondary N) is 2. The van der Waals surface area contributed by atoms with Gasteiger partial charge in [-0.25, -0.2) is 28.4 Å². The molecule has 178 valence electrons. The van der Waals surface area contributed by atoms with Crippen LogP contribution in [0.4, 0.5) is 28.8 Å². The van der Waals surface area contributed by atoms with Crippen molar-refractivity contribution in [3.8, 4) is 0 Å².